The Kier molecular flexibility index (Phi) is 8.62. The molecule has 0 aromatic heterocycles. The second kappa shape index (κ2) is 12.3. The third-order valence-corrected chi connectivity index (χ3v) is 6.93. The highest BCUT2D eigenvalue weighted by Gasteiger charge is 2.23. The zero-order valence-corrected chi connectivity index (χ0v) is 21.7. The van der Waals surface area contributed by atoms with E-state index in [2.05, 4.69) is 10.6 Å². The summed E-state index contributed by atoms with van der Waals surface area (Å²) < 4.78 is 5.36. The first-order valence-corrected chi connectivity index (χ1v) is 12.6. The molecular weight excluding hydrogens is 526 g/mol. The van der Waals surface area contributed by atoms with Gasteiger partial charge in [0, 0.05) is 33.3 Å². The number of hydrogen-bond donors (Lipinski definition) is 2. The number of rotatable bonds is 9. The number of nitro groups is 1. The number of thioether (sulfide) groups is 1. The molecular formula is C28H22ClN3O5S. The van der Waals surface area contributed by atoms with Crippen LogP contribution in [0.15, 0.2) is 102 Å². The van der Waals surface area contributed by atoms with Crippen molar-refractivity contribution >= 4 is 52.2 Å². The monoisotopic (exact) mass is 547 g/mol. The van der Waals surface area contributed by atoms with Gasteiger partial charge in [0.25, 0.3) is 11.6 Å². The van der Waals surface area contributed by atoms with E-state index in [4.69, 9.17) is 16.3 Å². The first kappa shape index (κ1) is 26.7. The van der Waals surface area contributed by atoms with Crippen molar-refractivity contribution in [1.29, 1.82) is 0 Å². The van der Waals surface area contributed by atoms with Gasteiger partial charge in [0.1, 0.15) is 11.0 Å². The van der Waals surface area contributed by atoms with Gasteiger partial charge >= 0.3 is 0 Å². The van der Waals surface area contributed by atoms with Crippen molar-refractivity contribution in [1.82, 2.24) is 0 Å². The van der Waals surface area contributed by atoms with E-state index in [1.54, 1.807) is 36.4 Å². The molecule has 0 spiro atoms. The summed E-state index contributed by atoms with van der Waals surface area (Å²) >= 11 is 7.45. The van der Waals surface area contributed by atoms with Crippen LogP contribution in [0.5, 0.6) is 5.75 Å². The van der Waals surface area contributed by atoms with E-state index in [0.29, 0.717) is 22.1 Å². The molecule has 10 heteroatoms. The van der Waals surface area contributed by atoms with Gasteiger partial charge in [-0.25, -0.2) is 0 Å². The Morgan fingerprint density at radius 2 is 1.66 bits per heavy atom. The summed E-state index contributed by atoms with van der Waals surface area (Å²) in [5, 5.41) is 16.4. The second-order valence-electron chi connectivity index (χ2n) is 8.03. The van der Waals surface area contributed by atoms with Crippen LogP contribution in [0.3, 0.4) is 0 Å². The quantitative estimate of drug-likeness (QED) is 0.133. The van der Waals surface area contributed by atoms with E-state index < -0.39 is 16.1 Å². The van der Waals surface area contributed by atoms with Crippen LogP contribution in [-0.2, 0) is 4.79 Å². The number of hydrogen-bond acceptors (Lipinski definition) is 6. The van der Waals surface area contributed by atoms with Crippen LogP contribution in [0.2, 0.25) is 5.02 Å². The molecule has 0 bridgehead atoms. The van der Waals surface area contributed by atoms with Crippen molar-refractivity contribution in [2.24, 2.45) is 0 Å². The summed E-state index contributed by atoms with van der Waals surface area (Å²) in [4.78, 5) is 37.2. The van der Waals surface area contributed by atoms with E-state index in [1.165, 1.54) is 43.1 Å². The van der Waals surface area contributed by atoms with E-state index in [-0.39, 0.29) is 17.2 Å². The van der Waals surface area contributed by atoms with E-state index in [0.717, 1.165) is 10.5 Å². The minimum atomic E-state index is -0.625. The SMILES string of the molecule is COc1ccc(Cl)cc1NC(=O)C(Sc1cccc(NC(=O)c2ccc([N+](=O)[O-])cc2)c1)c1ccccc1. The maximum atomic E-state index is 13.5. The number of anilines is 2. The average molecular weight is 548 g/mol. The van der Waals surface area contributed by atoms with Crippen LogP contribution < -0.4 is 15.4 Å². The van der Waals surface area contributed by atoms with Crippen molar-refractivity contribution in [3.8, 4) is 5.75 Å². The van der Waals surface area contributed by atoms with Gasteiger partial charge in [0.2, 0.25) is 5.91 Å². The summed E-state index contributed by atoms with van der Waals surface area (Å²) in [6.07, 6.45) is 0. The Morgan fingerprint density at radius 1 is 0.921 bits per heavy atom. The average Bonchev–Trinajstić information content (AvgIpc) is 2.92. The molecule has 0 aliphatic rings. The first-order chi connectivity index (χ1) is 18.3. The van der Waals surface area contributed by atoms with Gasteiger partial charge in [-0.15, -0.1) is 11.8 Å². The predicted octanol–water partition coefficient (Wildman–Crippen LogP) is 6.98. The topological polar surface area (TPSA) is 111 Å². The second-order valence-corrected chi connectivity index (χ2v) is 9.64. The molecule has 0 aliphatic carbocycles. The lowest BCUT2D eigenvalue weighted by Gasteiger charge is -2.19. The Balaban J connectivity index is 1.54. The number of carbonyl (C=O) groups is 2. The summed E-state index contributed by atoms with van der Waals surface area (Å²) in [7, 11) is 1.51. The summed E-state index contributed by atoms with van der Waals surface area (Å²) in [5.41, 5.74) is 1.94. The summed E-state index contributed by atoms with van der Waals surface area (Å²) in [5.74, 6) is -0.204. The molecule has 38 heavy (non-hydrogen) atoms. The number of halogens is 1. The van der Waals surface area contributed by atoms with Gasteiger partial charge in [-0.05, 0) is 54.1 Å². The normalized spacial score (nSPS) is 11.3. The fourth-order valence-electron chi connectivity index (χ4n) is 3.60. The Labute approximate surface area is 228 Å². The van der Waals surface area contributed by atoms with Crippen molar-refractivity contribution in [3.63, 3.8) is 0 Å². The smallest absolute Gasteiger partial charge is 0.269 e. The van der Waals surface area contributed by atoms with Crippen molar-refractivity contribution < 1.29 is 19.2 Å². The van der Waals surface area contributed by atoms with Gasteiger partial charge in [-0.3, -0.25) is 19.7 Å². The number of carbonyl (C=O) groups excluding carboxylic acids is 2. The number of methoxy groups -OCH3 is 1. The number of nitrogens with one attached hydrogen (secondary N) is 2. The van der Waals surface area contributed by atoms with E-state index >= 15 is 0 Å². The van der Waals surface area contributed by atoms with Gasteiger partial charge in [0.15, 0.2) is 0 Å². The molecule has 1 atom stereocenters. The lowest BCUT2D eigenvalue weighted by molar-refractivity contribution is -0.384. The van der Waals surface area contributed by atoms with E-state index in [9.17, 15) is 19.7 Å². The minimum absolute atomic E-state index is 0.0967. The molecule has 4 rings (SSSR count). The predicted molar refractivity (Wildman–Crippen MR) is 149 cm³/mol. The highest BCUT2D eigenvalue weighted by Crippen LogP contribution is 2.38. The molecule has 4 aromatic carbocycles. The van der Waals surface area contributed by atoms with Gasteiger partial charge in [0.05, 0.1) is 17.7 Å². The molecule has 1 unspecified atom stereocenters. The lowest BCUT2D eigenvalue weighted by Crippen LogP contribution is -2.19. The number of non-ortho nitro benzene ring substituents is 1. The molecule has 0 aliphatic heterocycles. The highest BCUT2D eigenvalue weighted by atomic mass is 35.5. The molecule has 2 amide bonds. The summed E-state index contributed by atoms with van der Waals surface area (Å²) in [6, 6.07) is 26.7. The highest BCUT2D eigenvalue weighted by molar-refractivity contribution is 8.00. The number of amides is 2. The van der Waals surface area contributed by atoms with Crippen LogP contribution in [0, 0.1) is 10.1 Å². The van der Waals surface area contributed by atoms with Gasteiger partial charge < -0.3 is 15.4 Å². The molecule has 0 saturated heterocycles. The Morgan fingerprint density at radius 3 is 2.34 bits per heavy atom. The Hall–Kier alpha value is -4.34. The molecule has 0 heterocycles. The Bertz CT molecular complexity index is 1470. The fraction of sp³-hybridized carbons (Fsp3) is 0.0714. The fourth-order valence-corrected chi connectivity index (χ4v) is 4.85. The molecule has 8 nitrogen and oxygen atoms in total. The van der Waals surface area contributed by atoms with Crippen LogP contribution in [0.1, 0.15) is 21.2 Å². The van der Waals surface area contributed by atoms with Crippen LogP contribution in [-0.4, -0.2) is 23.8 Å². The molecule has 2 N–H and O–H groups in total. The number of ether oxygens (including phenoxy) is 1. The van der Waals surface area contributed by atoms with Crippen LogP contribution in [0.25, 0.3) is 0 Å². The van der Waals surface area contributed by atoms with Gasteiger partial charge in [-0.1, -0.05) is 48.0 Å². The number of nitro benzene ring substituents is 1. The molecule has 4 aromatic rings. The molecule has 192 valence electrons. The summed E-state index contributed by atoms with van der Waals surface area (Å²) in [6.45, 7) is 0. The third-order valence-electron chi connectivity index (χ3n) is 5.45. The minimum Gasteiger partial charge on any atom is -0.495 e. The zero-order valence-electron chi connectivity index (χ0n) is 20.1. The number of nitrogens with zero attached hydrogens (tertiary/aromatic N) is 1. The molecule has 0 saturated carbocycles. The molecule has 0 fully saturated rings. The van der Waals surface area contributed by atoms with Crippen molar-refractivity contribution in [3.05, 3.63) is 123 Å². The van der Waals surface area contributed by atoms with Gasteiger partial charge in [-0.2, -0.15) is 0 Å². The number of benzene rings is 4. The maximum Gasteiger partial charge on any atom is 0.269 e. The van der Waals surface area contributed by atoms with Crippen molar-refractivity contribution in [2.45, 2.75) is 10.1 Å². The van der Waals surface area contributed by atoms with E-state index in [1.807, 2.05) is 36.4 Å². The maximum absolute atomic E-state index is 13.5. The van der Waals surface area contributed by atoms with Crippen LogP contribution >= 0.6 is 23.4 Å². The lowest BCUT2D eigenvalue weighted by atomic mass is 10.1. The first-order valence-electron chi connectivity index (χ1n) is 11.4. The third kappa shape index (κ3) is 6.70. The molecule has 0 radical (unpaired) electrons. The standard InChI is InChI=1S/C28H22ClN3O5S/c1-37-25-15-12-20(29)16-24(25)31-28(34)26(18-6-3-2-4-7-18)38-23-9-5-8-21(17-23)30-27(33)19-10-13-22(14-11-19)32(35)36/h2-17,26H,1H3,(H,30,33)(H,31,34). The zero-order chi connectivity index (χ0) is 27.1. The van der Waals surface area contributed by atoms with Crippen molar-refractivity contribution in [2.75, 3.05) is 17.7 Å². The largest absolute Gasteiger partial charge is 0.495 e. The van der Waals surface area contributed by atoms with Crippen LogP contribution in [0.4, 0.5) is 17.1 Å².